The molecule has 0 atom stereocenters. The topological polar surface area (TPSA) is 83.1 Å². The van der Waals surface area contributed by atoms with Crippen LogP contribution in [0.2, 0.25) is 0 Å². The van der Waals surface area contributed by atoms with Gasteiger partial charge in [-0.2, -0.15) is 5.26 Å². The largest absolute Gasteiger partial charge is 0.494 e. The van der Waals surface area contributed by atoms with Gasteiger partial charge in [0.25, 0.3) is 5.56 Å². The average Bonchev–Trinajstić information content (AvgIpc) is 2.46. The molecule has 100 valence electrons. The van der Waals surface area contributed by atoms with Crippen molar-refractivity contribution in [1.82, 2.24) is 4.57 Å². The minimum atomic E-state index is -0.618. The maximum Gasteiger partial charge on any atom is 0.271 e. The van der Waals surface area contributed by atoms with Gasteiger partial charge in [0, 0.05) is 12.6 Å². The second-order valence-electron chi connectivity index (χ2n) is 4.37. The molecule has 5 heteroatoms. The molecule has 0 saturated heterocycles. The number of carbonyl (C=O) groups is 1. The second-order valence-corrected chi connectivity index (χ2v) is 4.37. The molecule has 0 radical (unpaired) electrons. The molecule has 0 bridgehead atoms. The van der Waals surface area contributed by atoms with Crippen molar-refractivity contribution < 1.29 is 9.90 Å². The van der Waals surface area contributed by atoms with Crippen molar-refractivity contribution in [3.8, 4) is 11.9 Å². The van der Waals surface area contributed by atoms with Crippen molar-refractivity contribution in [2.24, 2.45) is 7.05 Å². The molecule has 2 rings (SSSR count). The SMILES string of the molecule is Cc1c(C(=O)c2ccccc2)c(O)n(C)c(=O)c1C#N. The summed E-state index contributed by atoms with van der Waals surface area (Å²) in [6, 6.07) is 10.2. The minimum absolute atomic E-state index is 0.0187. The zero-order valence-corrected chi connectivity index (χ0v) is 11.0. The Balaban J connectivity index is 2.77. The van der Waals surface area contributed by atoms with Crippen LogP contribution in [0.1, 0.15) is 27.0 Å². The van der Waals surface area contributed by atoms with Crippen LogP contribution in [0.3, 0.4) is 0 Å². The normalized spacial score (nSPS) is 10.1. The first kappa shape index (κ1) is 13.6. The number of nitriles is 1. The molecule has 1 aromatic heterocycles. The van der Waals surface area contributed by atoms with Gasteiger partial charge in [-0.3, -0.25) is 14.2 Å². The van der Waals surface area contributed by atoms with E-state index in [0.717, 1.165) is 4.57 Å². The zero-order chi connectivity index (χ0) is 14.9. The Hall–Kier alpha value is -2.87. The summed E-state index contributed by atoms with van der Waals surface area (Å²) in [5, 5.41) is 19.1. The maximum absolute atomic E-state index is 12.4. The highest BCUT2D eigenvalue weighted by Crippen LogP contribution is 2.23. The summed E-state index contributed by atoms with van der Waals surface area (Å²) in [6.45, 7) is 1.48. The van der Waals surface area contributed by atoms with E-state index in [4.69, 9.17) is 5.26 Å². The van der Waals surface area contributed by atoms with Crippen molar-refractivity contribution >= 4 is 5.78 Å². The quantitative estimate of drug-likeness (QED) is 0.837. The molecule has 0 amide bonds. The van der Waals surface area contributed by atoms with Crippen LogP contribution in [0.5, 0.6) is 5.88 Å². The lowest BCUT2D eigenvalue weighted by Gasteiger charge is -2.12. The van der Waals surface area contributed by atoms with E-state index in [2.05, 4.69) is 0 Å². The zero-order valence-electron chi connectivity index (χ0n) is 11.0. The minimum Gasteiger partial charge on any atom is -0.494 e. The standard InChI is InChI=1S/C15H12N2O3/c1-9-11(8-16)14(19)17(2)15(20)12(9)13(18)10-6-4-3-5-7-10/h3-7,20H,1-2H3. The summed E-state index contributed by atoms with van der Waals surface area (Å²) in [6.07, 6.45) is 0. The maximum atomic E-state index is 12.4. The van der Waals surface area contributed by atoms with E-state index in [1.807, 2.05) is 0 Å². The molecule has 1 aromatic carbocycles. The van der Waals surface area contributed by atoms with Gasteiger partial charge in [-0.05, 0) is 12.5 Å². The summed E-state index contributed by atoms with van der Waals surface area (Å²) in [7, 11) is 1.32. The monoisotopic (exact) mass is 268 g/mol. The van der Waals surface area contributed by atoms with Gasteiger partial charge >= 0.3 is 0 Å². The van der Waals surface area contributed by atoms with Gasteiger partial charge in [-0.25, -0.2) is 0 Å². The first-order chi connectivity index (χ1) is 9.49. The lowest BCUT2D eigenvalue weighted by atomic mass is 9.97. The highest BCUT2D eigenvalue weighted by molar-refractivity contribution is 6.11. The molecular weight excluding hydrogens is 256 g/mol. The van der Waals surface area contributed by atoms with Crippen molar-refractivity contribution in [3.05, 3.63) is 62.9 Å². The summed E-state index contributed by atoms with van der Waals surface area (Å²) in [5.74, 6) is -0.854. The molecule has 1 N–H and O–H groups in total. The Labute approximate surface area is 115 Å². The molecule has 0 aliphatic carbocycles. The van der Waals surface area contributed by atoms with Gasteiger partial charge < -0.3 is 5.11 Å². The second kappa shape index (κ2) is 5.02. The highest BCUT2D eigenvalue weighted by atomic mass is 16.3. The fraction of sp³-hybridized carbons (Fsp3) is 0.133. The molecule has 0 fully saturated rings. The molecule has 5 nitrogen and oxygen atoms in total. The van der Waals surface area contributed by atoms with Gasteiger partial charge in [-0.1, -0.05) is 30.3 Å². The molecule has 0 unspecified atom stereocenters. The molecule has 2 aromatic rings. The summed E-state index contributed by atoms with van der Waals surface area (Å²) < 4.78 is 0.904. The number of pyridine rings is 1. The summed E-state index contributed by atoms with van der Waals surface area (Å²) in [4.78, 5) is 24.3. The molecular formula is C15H12N2O3. The smallest absolute Gasteiger partial charge is 0.271 e. The van der Waals surface area contributed by atoms with Crippen LogP contribution in [0.15, 0.2) is 35.1 Å². The molecule has 1 heterocycles. The van der Waals surface area contributed by atoms with Crippen molar-refractivity contribution in [1.29, 1.82) is 5.26 Å². The number of benzene rings is 1. The Morgan fingerprint density at radius 1 is 1.30 bits per heavy atom. The van der Waals surface area contributed by atoms with Crippen LogP contribution in [0, 0.1) is 18.3 Å². The van der Waals surface area contributed by atoms with Crippen molar-refractivity contribution in [2.75, 3.05) is 0 Å². The third kappa shape index (κ3) is 1.97. The number of aromatic nitrogens is 1. The van der Waals surface area contributed by atoms with Crippen LogP contribution in [-0.2, 0) is 7.05 Å². The third-order valence-corrected chi connectivity index (χ3v) is 3.18. The third-order valence-electron chi connectivity index (χ3n) is 3.18. The number of hydrogen-bond acceptors (Lipinski definition) is 4. The number of nitrogens with zero attached hydrogens (tertiary/aromatic N) is 2. The van der Waals surface area contributed by atoms with E-state index >= 15 is 0 Å². The fourth-order valence-electron chi connectivity index (χ4n) is 2.02. The number of hydrogen-bond donors (Lipinski definition) is 1. The van der Waals surface area contributed by atoms with Crippen LogP contribution < -0.4 is 5.56 Å². The molecule has 20 heavy (non-hydrogen) atoms. The van der Waals surface area contributed by atoms with Crippen LogP contribution in [0.25, 0.3) is 0 Å². The van der Waals surface area contributed by atoms with Crippen LogP contribution in [0.4, 0.5) is 0 Å². The highest BCUT2D eigenvalue weighted by Gasteiger charge is 2.23. The van der Waals surface area contributed by atoms with E-state index in [1.165, 1.54) is 14.0 Å². The lowest BCUT2D eigenvalue weighted by Crippen LogP contribution is -2.24. The van der Waals surface area contributed by atoms with E-state index in [1.54, 1.807) is 36.4 Å². The number of carbonyl (C=O) groups excluding carboxylic acids is 1. The first-order valence-electron chi connectivity index (χ1n) is 5.91. The number of aromatic hydroxyl groups is 1. The van der Waals surface area contributed by atoms with E-state index < -0.39 is 17.2 Å². The molecule has 0 aliphatic rings. The van der Waals surface area contributed by atoms with Gasteiger partial charge in [-0.15, -0.1) is 0 Å². The van der Waals surface area contributed by atoms with E-state index in [0.29, 0.717) is 5.56 Å². The number of rotatable bonds is 2. The van der Waals surface area contributed by atoms with Crippen molar-refractivity contribution in [3.63, 3.8) is 0 Å². The van der Waals surface area contributed by atoms with Crippen LogP contribution >= 0.6 is 0 Å². The predicted octanol–water partition coefficient (Wildman–Crippen LogP) is 1.50. The van der Waals surface area contributed by atoms with E-state index in [-0.39, 0.29) is 16.7 Å². The lowest BCUT2D eigenvalue weighted by molar-refractivity contribution is 0.103. The van der Waals surface area contributed by atoms with Gasteiger partial charge in [0.1, 0.15) is 11.6 Å². The van der Waals surface area contributed by atoms with E-state index in [9.17, 15) is 14.7 Å². The fourth-order valence-corrected chi connectivity index (χ4v) is 2.02. The molecule has 0 saturated carbocycles. The Morgan fingerprint density at radius 3 is 2.45 bits per heavy atom. The summed E-state index contributed by atoms with van der Waals surface area (Å²) in [5.41, 5.74) is -0.193. The molecule has 0 aliphatic heterocycles. The first-order valence-corrected chi connectivity index (χ1v) is 5.91. The van der Waals surface area contributed by atoms with Gasteiger partial charge in [0.05, 0.1) is 5.56 Å². The summed E-state index contributed by atoms with van der Waals surface area (Å²) >= 11 is 0. The Bertz CT molecular complexity index is 783. The predicted molar refractivity (Wildman–Crippen MR) is 72.7 cm³/mol. The van der Waals surface area contributed by atoms with Gasteiger partial charge in [0.15, 0.2) is 5.78 Å². The average molecular weight is 268 g/mol. The molecule has 0 spiro atoms. The number of ketones is 1. The van der Waals surface area contributed by atoms with Crippen molar-refractivity contribution in [2.45, 2.75) is 6.92 Å². The van der Waals surface area contributed by atoms with Crippen LogP contribution in [-0.4, -0.2) is 15.5 Å². The Morgan fingerprint density at radius 2 is 1.90 bits per heavy atom. The Kier molecular flexibility index (Phi) is 3.40. The van der Waals surface area contributed by atoms with Gasteiger partial charge in [0.2, 0.25) is 5.88 Å².